The summed E-state index contributed by atoms with van der Waals surface area (Å²) in [5.41, 5.74) is 6.45. The molecule has 0 amide bonds. The van der Waals surface area contributed by atoms with Gasteiger partial charge in [0.2, 0.25) is 0 Å². The Bertz CT molecular complexity index is 596. The fourth-order valence-corrected chi connectivity index (χ4v) is 1.67. The maximum absolute atomic E-state index is 13.4. The standard InChI is InChI=1S/C14H11F2NO/c15-12-6-2-4-10(14(12)16)8-13(18)9-3-1-5-11(17)7-9/h1-7H,8,17H2. The molecule has 0 aliphatic carbocycles. The summed E-state index contributed by atoms with van der Waals surface area (Å²) in [6, 6.07) is 10.2. The molecular formula is C14H11F2NO. The van der Waals surface area contributed by atoms with Crippen molar-refractivity contribution in [3.8, 4) is 0 Å². The summed E-state index contributed by atoms with van der Waals surface area (Å²) in [7, 11) is 0. The van der Waals surface area contributed by atoms with Gasteiger partial charge in [-0.3, -0.25) is 4.79 Å². The molecule has 0 saturated heterocycles. The van der Waals surface area contributed by atoms with E-state index in [1.165, 1.54) is 18.2 Å². The van der Waals surface area contributed by atoms with Crippen LogP contribution in [0.2, 0.25) is 0 Å². The van der Waals surface area contributed by atoms with E-state index in [-0.39, 0.29) is 17.8 Å². The highest BCUT2D eigenvalue weighted by Gasteiger charge is 2.13. The van der Waals surface area contributed by atoms with E-state index in [0.29, 0.717) is 11.3 Å². The summed E-state index contributed by atoms with van der Waals surface area (Å²) in [5.74, 6) is -2.23. The predicted molar refractivity (Wildman–Crippen MR) is 65.2 cm³/mol. The number of benzene rings is 2. The van der Waals surface area contributed by atoms with Gasteiger partial charge in [0, 0.05) is 17.7 Å². The molecular weight excluding hydrogens is 236 g/mol. The molecule has 2 N–H and O–H groups in total. The van der Waals surface area contributed by atoms with Gasteiger partial charge in [-0.2, -0.15) is 0 Å². The van der Waals surface area contributed by atoms with Crippen molar-refractivity contribution >= 4 is 11.5 Å². The van der Waals surface area contributed by atoms with Crippen molar-refractivity contribution in [1.29, 1.82) is 0 Å². The lowest BCUT2D eigenvalue weighted by Gasteiger charge is -2.04. The molecule has 0 aromatic heterocycles. The average Bonchev–Trinajstić information content (AvgIpc) is 2.35. The zero-order valence-electron chi connectivity index (χ0n) is 9.49. The third-order valence-electron chi connectivity index (χ3n) is 2.59. The first-order valence-electron chi connectivity index (χ1n) is 5.39. The van der Waals surface area contributed by atoms with Crippen molar-refractivity contribution in [3.05, 3.63) is 65.2 Å². The van der Waals surface area contributed by atoms with Crippen LogP contribution in [0.3, 0.4) is 0 Å². The van der Waals surface area contributed by atoms with Gasteiger partial charge in [-0.1, -0.05) is 24.3 Å². The molecule has 0 aliphatic heterocycles. The Hall–Kier alpha value is -2.23. The van der Waals surface area contributed by atoms with Crippen molar-refractivity contribution in [2.24, 2.45) is 0 Å². The minimum absolute atomic E-state index is 0.0439. The zero-order valence-corrected chi connectivity index (χ0v) is 9.49. The van der Waals surface area contributed by atoms with E-state index in [9.17, 15) is 13.6 Å². The first kappa shape index (κ1) is 12.2. The maximum atomic E-state index is 13.4. The molecule has 0 bridgehead atoms. The Labute approximate surface area is 103 Å². The number of ketones is 1. The first-order chi connectivity index (χ1) is 8.58. The molecule has 0 fully saturated rings. The largest absolute Gasteiger partial charge is 0.399 e. The minimum atomic E-state index is -0.977. The second-order valence-corrected chi connectivity index (χ2v) is 3.94. The van der Waals surface area contributed by atoms with Crippen LogP contribution in [0.15, 0.2) is 42.5 Å². The number of halogens is 2. The quantitative estimate of drug-likeness (QED) is 0.669. The van der Waals surface area contributed by atoms with Crippen LogP contribution in [0, 0.1) is 11.6 Å². The highest BCUT2D eigenvalue weighted by atomic mass is 19.2. The van der Waals surface area contributed by atoms with Crippen LogP contribution in [0.4, 0.5) is 14.5 Å². The van der Waals surface area contributed by atoms with E-state index in [1.807, 2.05) is 0 Å². The molecule has 0 saturated carbocycles. The second-order valence-electron chi connectivity index (χ2n) is 3.94. The fraction of sp³-hybridized carbons (Fsp3) is 0.0714. The van der Waals surface area contributed by atoms with Gasteiger partial charge in [-0.15, -0.1) is 0 Å². The normalized spacial score (nSPS) is 10.3. The number of anilines is 1. The molecule has 92 valence electrons. The first-order valence-corrected chi connectivity index (χ1v) is 5.39. The van der Waals surface area contributed by atoms with Crippen molar-refractivity contribution < 1.29 is 13.6 Å². The number of carbonyl (C=O) groups is 1. The molecule has 0 heterocycles. The summed E-state index contributed by atoms with van der Waals surface area (Å²) < 4.78 is 26.4. The van der Waals surface area contributed by atoms with Crippen LogP contribution in [0.25, 0.3) is 0 Å². The monoisotopic (exact) mass is 247 g/mol. The Morgan fingerprint density at radius 3 is 2.56 bits per heavy atom. The highest BCUT2D eigenvalue weighted by molar-refractivity contribution is 5.98. The van der Waals surface area contributed by atoms with Gasteiger partial charge in [0.05, 0.1) is 0 Å². The maximum Gasteiger partial charge on any atom is 0.167 e. The van der Waals surface area contributed by atoms with E-state index in [0.717, 1.165) is 6.07 Å². The summed E-state index contributed by atoms with van der Waals surface area (Å²) in [4.78, 5) is 11.9. The summed E-state index contributed by atoms with van der Waals surface area (Å²) in [6.45, 7) is 0. The van der Waals surface area contributed by atoms with Gasteiger partial charge in [0.25, 0.3) is 0 Å². The van der Waals surface area contributed by atoms with Crippen LogP contribution >= 0.6 is 0 Å². The molecule has 2 aromatic carbocycles. The van der Waals surface area contributed by atoms with Crippen LogP contribution in [0.5, 0.6) is 0 Å². The number of hydrogen-bond acceptors (Lipinski definition) is 2. The van der Waals surface area contributed by atoms with Gasteiger partial charge in [-0.05, 0) is 23.8 Å². The topological polar surface area (TPSA) is 43.1 Å². The summed E-state index contributed by atoms with van der Waals surface area (Å²) in [6.07, 6.45) is -0.187. The number of nitrogen functional groups attached to an aromatic ring is 1. The van der Waals surface area contributed by atoms with Crippen LogP contribution in [-0.4, -0.2) is 5.78 Å². The average molecular weight is 247 g/mol. The summed E-state index contributed by atoms with van der Waals surface area (Å²) in [5, 5.41) is 0. The number of nitrogens with two attached hydrogens (primary N) is 1. The smallest absolute Gasteiger partial charge is 0.167 e. The van der Waals surface area contributed by atoms with Gasteiger partial charge < -0.3 is 5.73 Å². The Kier molecular flexibility index (Phi) is 3.37. The Morgan fingerprint density at radius 2 is 1.83 bits per heavy atom. The SMILES string of the molecule is Nc1cccc(C(=O)Cc2cccc(F)c2F)c1. The number of Topliss-reactive ketones (excluding diaryl/α,β-unsaturated/α-hetero) is 1. The number of carbonyl (C=O) groups excluding carboxylic acids is 1. The fourth-order valence-electron chi connectivity index (χ4n) is 1.67. The Balaban J connectivity index is 2.24. The van der Waals surface area contributed by atoms with E-state index in [1.54, 1.807) is 18.2 Å². The van der Waals surface area contributed by atoms with Gasteiger partial charge in [0.1, 0.15) is 0 Å². The third-order valence-corrected chi connectivity index (χ3v) is 2.59. The Morgan fingerprint density at radius 1 is 1.11 bits per heavy atom. The molecule has 0 aliphatic rings. The van der Waals surface area contributed by atoms with Gasteiger partial charge in [-0.25, -0.2) is 8.78 Å². The van der Waals surface area contributed by atoms with Crippen molar-refractivity contribution in [1.82, 2.24) is 0 Å². The van der Waals surface area contributed by atoms with Gasteiger partial charge >= 0.3 is 0 Å². The predicted octanol–water partition coefficient (Wildman–Crippen LogP) is 2.97. The second kappa shape index (κ2) is 4.96. The van der Waals surface area contributed by atoms with Crippen molar-refractivity contribution in [3.63, 3.8) is 0 Å². The van der Waals surface area contributed by atoms with E-state index < -0.39 is 11.6 Å². The zero-order chi connectivity index (χ0) is 13.1. The summed E-state index contributed by atoms with van der Waals surface area (Å²) >= 11 is 0. The van der Waals surface area contributed by atoms with Crippen LogP contribution < -0.4 is 5.73 Å². The van der Waals surface area contributed by atoms with E-state index in [4.69, 9.17) is 5.73 Å². The number of hydrogen-bond donors (Lipinski definition) is 1. The number of rotatable bonds is 3. The van der Waals surface area contributed by atoms with E-state index in [2.05, 4.69) is 0 Å². The molecule has 0 atom stereocenters. The van der Waals surface area contributed by atoms with Crippen LogP contribution in [0.1, 0.15) is 15.9 Å². The molecule has 2 nitrogen and oxygen atoms in total. The lowest BCUT2D eigenvalue weighted by molar-refractivity contribution is 0.0991. The lowest BCUT2D eigenvalue weighted by atomic mass is 10.0. The molecule has 4 heteroatoms. The van der Waals surface area contributed by atoms with Crippen molar-refractivity contribution in [2.75, 3.05) is 5.73 Å². The molecule has 18 heavy (non-hydrogen) atoms. The van der Waals surface area contributed by atoms with Gasteiger partial charge in [0.15, 0.2) is 17.4 Å². The molecule has 2 rings (SSSR count). The molecule has 0 unspecified atom stereocenters. The lowest BCUT2D eigenvalue weighted by Crippen LogP contribution is -2.06. The molecule has 0 radical (unpaired) electrons. The van der Waals surface area contributed by atoms with E-state index >= 15 is 0 Å². The third kappa shape index (κ3) is 2.53. The van der Waals surface area contributed by atoms with Crippen molar-refractivity contribution in [2.45, 2.75) is 6.42 Å². The molecule has 0 spiro atoms. The van der Waals surface area contributed by atoms with Crippen LogP contribution in [-0.2, 0) is 6.42 Å². The molecule has 2 aromatic rings. The minimum Gasteiger partial charge on any atom is -0.399 e. The highest BCUT2D eigenvalue weighted by Crippen LogP contribution is 2.15.